The van der Waals surface area contributed by atoms with Crippen LogP contribution in [0.25, 0.3) is 33.2 Å². The summed E-state index contributed by atoms with van der Waals surface area (Å²) >= 11 is 0. The number of rotatable bonds is 3. The molecule has 2 heteroatoms. The second-order valence-electron chi connectivity index (χ2n) is 6.86. The van der Waals surface area contributed by atoms with E-state index in [1.54, 1.807) is 6.20 Å². The summed E-state index contributed by atoms with van der Waals surface area (Å²) in [7, 11) is 0. The van der Waals surface area contributed by atoms with Crippen molar-refractivity contribution >= 4 is 21.9 Å². The lowest BCUT2D eigenvalue weighted by Gasteiger charge is -2.10. The average Bonchev–Trinajstić information content (AvgIpc) is 3.36. The molecule has 0 aliphatic heterocycles. The van der Waals surface area contributed by atoms with Crippen LogP contribution in [0.5, 0.6) is 0 Å². The van der Waals surface area contributed by atoms with Gasteiger partial charge < -0.3 is 4.42 Å². The van der Waals surface area contributed by atoms with Crippen LogP contribution in [0.15, 0.2) is 65.2 Å². The third-order valence-electron chi connectivity index (χ3n) is 5.16. The van der Waals surface area contributed by atoms with Crippen molar-refractivity contribution in [2.45, 2.75) is 32.1 Å². The van der Waals surface area contributed by atoms with Crippen molar-refractivity contribution < 1.29 is 7.16 Å². The highest BCUT2D eigenvalue weighted by Gasteiger charge is 2.16. The molecule has 0 bridgehead atoms. The quantitative estimate of drug-likeness (QED) is 0.436. The second-order valence-corrected chi connectivity index (χ2v) is 6.86. The van der Waals surface area contributed by atoms with Gasteiger partial charge in [0, 0.05) is 25.3 Å². The second kappa shape index (κ2) is 6.03. The first-order valence-corrected chi connectivity index (χ1v) is 9.01. The molecule has 4 aromatic rings. The third-order valence-corrected chi connectivity index (χ3v) is 5.16. The van der Waals surface area contributed by atoms with Crippen molar-refractivity contribution in [3.63, 3.8) is 0 Å². The molecule has 1 fully saturated rings. The minimum atomic E-state index is -1.30. The van der Waals surface area contributed by atoms with E-state index in [9.17, 15) is 0 Å². The first-order chi connectivity index (χ1) is 13.1. The van der Waals surface area contributed by atoms with Crippen LogP contribution in [0, 0.1) is 5.92 Å². The Morgan fingerprint density at radius 1 is 0.960 bits per heavy atom. The van der Waals surface area contributed by atoms with Crippen LogP contribution < -0.4 is 0 Å². The molecule has 1 aliphatic carbocycles. The fraction of sp³-hybridized carbons (Fsp3) is 0.261. The SMILES string of the molecule is [2H]C([2H])(c1ccnc(-c2ccc3oc4ccccc4c3c2)c1)C1CCCC1. The van der Waals surface area contributed by atoms with E-state index in [-0.39, 0.29) is 5.92 Å². The highest BCUT2D eigenvalue weighted by Crippen LogP contribution is 2.33. The molecule has 0 spiro atoms. The molecule has 0 saturated heterocycles. The Kier molecular flexibility index (Phi) is 3.07. The first-order valence-electron chi connectivity index (χ1n) is 10.0. The predicted molar refractivity (Wildman–Crippen MR) is 103 cm³/mol. The van der Waals surface area contributed by atoms with E-state index in [2.05, 4.69) is 17.1 Å². The summed E-state index contributed by atoms with van der Waals surface area (Å²) in [6.45, 7) is 0. The summed E-state index contributed by atoms with van der Waals surface area (Å²) in [6.07, 6.45) is 4.63. The van der Waals surface area contributed by atoms with Gasteiger partial charge in [-0.15, -0.1) is 0 Å². The summed E-state index contributed by atoms with van der Waals surface area (Å²) in [6, 6.07) is 17.8. The minimum absolute atomic E-state index is 0.105. The summed E-state index contributed by atoms with van der Waals surface area (Å²) in [5.41, 5.74) is 4.26. The number of hydrogen-bond acceptors (Lipinski definition) is 2. The molecular formula is C23H21NO. The minimum Gasteiger partial charge on any atom is -0.456 e. The van der Waals surface area contributed by atoms with Gasteiger partial charge in [-0.2, -0.15) is 0 Å². The fourth-order valence-electron chi connectivity index (χ4n) is 3.87. The molecule has 2 heterocycles. The Morgan fingerprint density at radius 3 is 2.72 bits per heavy atom. The van der Waals surface area contributed by atoms with Gasteiger partial charge in [-0.05, 0) is 54.3 Å². The molecule has 0 atom stereocenters. The lowest BCUT2D eigenvalue weighted by atomic mass is 9.97. The van der Waals surface area contributed by atoms with Crippen molar-refractivity contribution in [2.75, 3.05) is 0 Å². The molecule has 2 aromatic heterocycles. The number of aromatic nitrogens is 1. The highest BCUT2D eigenvalue weighted by molar-refractivity contribution is 6.06. The van der Waals surface area contributed by atoms with Gasteiger partial charge in [0.1, 0.15) is 11.2 Å². The standard InChI is InChI=1S/C23H21NO/c1-2-6-16(5-1)13-17-11-12-24-21(14-17)18-9-10-23-20(15-18)19-7-3-4-8-22(19)25-23/h3-4,7-12,14-16H,1-2,5-6,13H2/i13D2. The number of fused-ring (bicyclic) bond motifs is 3. The molecule has 0 unspecified atom stereocenters. The van der Waals surface area contributed by atoms with E-state index >= 15 is 0 Å². The van der Waals surface area contributed by atoms with Gasteiger partial charge >= 0.3 is 0 Å². The van der Waals surface area contributed by atoms with E-state index in [4.69, 9.17) is 7.16 Å². The number of benzene rings is 2. The monoisotopic (exact) mass is 329 g/mol. The van der Waals surface area contributed by atoms with Gasteiger partial charge in [0.05, 0.1) is 5.69 Å². The van der Waals surface area contributed by atoms with Crippen LogP contribution in [0.4, 0.5) is 0 Å². The van der Waals surface area contributed by atoms with Crippen molar-refractivity contribution in [2.24, 2.45) is 5.92 Å². The highest BCUT2D eigenvalue weighted by atomic mass is 16.3. The van der Waals surface area contributed by atoms with E-state index in [1.165, 1.54) is 0 Å². The molecule has 1 saturated carbocycles. The lowest BCUT2D eigenvalue weighted by Crippen LogP contribution is -1.99. The number of pyridine rings is 1. The number of hydrogen-bond donors (Lipinski definition) is 0. The summed E-state index contributed by atoms with van der Waals surface area (Å²) in [4.78, 5) is 4.52. The Hall–Kier alpha value is -2.61. The molecular weight excluding hydrogens is 306 g/mol. The van der Waals surface area contributed by atoms with Crippen molar-refractivity contribution in [3.8, 4) is 11.3 Å². The van der Waals surface area contributed by atoms with Crippen LogP contribution in [-0.4, -0.2) is 4.98 Å². The maximum absolute atomic E-state index is 8.66. The predicted octanol–water partition coefficient (Wildman–Crippen LogP) is 6.38. The van der Waals surface area contributed by atoms with Gasteiger partial charge in [0.2, 0.25) is 0 Å². The van der Waals surface area contributed by atoms with Crippen LogP contribution in [-0.2, 0) is 6.37 Å². The number of para-hydroxylation sites is 1. The Balaban J connectivity index is 1.59. The average molecular weight is 329 g/mol. The maximum atomic E-state index is 8.66. The zero-order valence-corrected chi connectivity index (χ0v) is 14.0. The van der Waals surface area contributed by atoms with Crippen molar-refractivity contribution in [1.29, 1.82) is 0 Å². The molecule has 5 rings (SSSR count). The van der Waals surface area contributed by atoms with Crippen molar-refractivity contribution in [1.82, 2.24) is 4.98 Å². The van der Waals surface area contributed by atoms with Gasteiger partial charge in [0.15, 0.2) is 0 Å². The van der Waals surface area contributed by atoms with Crippen LogP contribution in [0.1, 0.15) is 34.0 Å². The van der Waals surface area contributed by atoms with Crippen molar-refractivity contribution in [3.05, 3.63) is 66.4 Å². The summed E-state index contributed by atoms with van der Waals surface area (Å²) < 4.78 is 23.2. The van der Waals surface area contributed by atoms with Crippen LogP contribution >= 0.6 is 0 Å². The molecule has 1 aliphatic rings. The molecule has 0 amide bonds. The number of nitrogens with zero attached hydrogens (tertiary/aromatic N) is 1. The molecule has 0 N–H and O–H groups in total. The molecule has 124 valence electrons. The van der Waals surface area contributed by atoms with Gasteiger partial charge in [-0.25, -0.2) is 0 Å². The van der Waals surface area contributed by atoms with Crippen LogP contribution in [0.2, 0.25) is 0 Å². The topological polar surface area (TPSA) is 26.0 Å². The smallest absolute Gasteiger partial charge is 0.135 e. The van der Waals surface area contributed by atoms with E-state index in [0.717, 1.165) is 64.4 Å². The Bertz CT molecular complexity index is 1130. The molecule has 25 heavy (non-hydrogen) atoms. The summed E-state index contributed by atoms with van der Waals surface area (Å²) in [5.74, 6) is 0.105. The normalized spacial score (nSPS) is 17.1. The maximum Gasteiger partial charge on any atom is 0.135 e. The lowest BCUT2D eigenvalue weighted by molar-refractivity contribution is 0.546. The first kappa shape index (κ1) is 12.7. The Labute approximate surface area is 150 Å². The third kappa shape index (κ3) is 2.72. The van der Waals surface area contributed by atoms with E-state index in [0.29, 0.717) is 0 Å². The fourth-order valence-corrected chi connectivity index (χ4v) is 3.87. The molecule has 2 aromatic carbocycles. The number of furan rings is 1. The van der Waals surface area contributed by atoms with Gasteiger partial charge in [-0.1, -0.05) is 43.9 Å². The van der Waals surface area contributed by atoms with E-state index < -0.39 is 6.37 Å². The molecule has 2 nitrogen and oxygen atoms in total. The molecule has 0 radical (unpaired) electrons. The summed E-state index contributed by atoms with van der Waals surface area (Å²) in [5, 5.41) is 2.15. The van der Waals surface area contributed by atoms with E-state index in [1.807, 2.05) is 42.5 Å². The van der Waals surface area contributed by atoms with Gasteiger partial charge in [0.25, 0.3) is 0 Å². The largest absolute Gasteiger partial charge is 0.456 e. The van der Waals surface area contributed by atoms with Crippen LogP contribution in [0.3, 0.4) is 0 Å². The Morgan fingerprint density at radius 2 is 1.80 bits per heavy atom. The zero-order chi connectivity index (χ0) is 18.4. The zero-order valence-electron chi connectivity index (χ0n) is 16.0. The van der Waals surface area contributed by atoms with Gasteiger partial charge in [-0.3, -0.25) is 4.98 Å².